The smallest absolute Gasteiger partial charge is 0.141 e. The van der Waals surface area contributed by atoms with E-state index in [1.54, 1.807) is 0 Å². The molecule has 16 heavy (non-hydrogen) atoms. The second-order valence-electron chi connectivity index (χ2n) is 4.75. The minimum atomic E-state index is 0.695. The zero-order valence-corrected chi connectivity index (χ0v) is 10.2. The molecular weight excluding hydrogens is 200 g/mol. The van der Waals surface area contributed by atoms with Crippen molar-refractivity contribution in [2.45, 2.75) is 50.9 Å². The van der Waals surface area contributed by atoms with Crippen LogP contribution >= 0.6 is 0 Å². The maximum Gasteiger partial charge on any atom is 0.141 e. The number of rotatable bonds is 4. The van der Waals surface area contributed by atoms with Crippen LogP contribution in [0.4, 0.5) is 0 Å². The van der Waals surface area contributed by atoms with E-state index in [1.807, 2.05) is 13.2 Å². The Labute approximate surface area is 97.6 Å². The van der Waals surface area contributed by atoms with Gasteiger partial charge in [0, 0.05) is 18.5 Å². The van der Waals surface area contributed by atoms with Crippen LogP contribution in [0.15, 0.2) is 10.7 Å². The second kappa shape index (κ2) is 6.04. The molecule has 3 nitrogen and oxygen atoms in total. The summed E-state index contributed by atoms with van der Waals surface area (Å²) < 4.78 is 5.37. The van der Waals surface area contributed by atoms with Crippen LogP contribution in [-0.2, 0) is 6.42 Å². The van der Waals surface area contributed by atoms with Gasteiger partial charge >= 0.3 is 0 Å². The standard InChI is InChI=1S/C13H22N2O/c1-14-9-8-13-12(10-15-16-13)11-6-4-2-3-5-7-11/h10-11,14H,2-9H2,1H3. The summed E-state index contributed by atoms with van der Waals surface area (Å²) >= 11 is 0. The van der Waals surface area contributed by atoms with E-state index < -0.39 is 0 Å². The first-order valence-electron chi connectivity index (χ1n) is 6.50. The lowest BCUT2D eigenvalue weighted by Gasteiger charge is -2.12. The van der Waals surface area contributed by atoms with Gasteiger partial charge in [0.2, 0.25) is 0 Å². The molecule has 0 aromatic carbocycles. The summed E-state index contributed by atoms with van der Waals surface area (Å²) in [6.07, 6.45) is 11.1. The van der Waals surface area contributed by atoms with E-state index in [1.165, 1.54) is 44.1 Å². The molecule has 1 fully saturated rings. The van der Waals surface area contributed by atoms with Crippen molar-refractivity contribution in [3.05, 3.63) is 17.5 Å². The Balaban J connectivity index is 2.03. The molecule has 0 bridgehead atoms. The fourth-order valence-corrected chi connectivity index (χ4v) is 2.62. The predicted octanol–water partition coefficient (Wildman–Crippen LogP) is 2.87. The summed E-state index contributed by atoms with van der Waals surface area (Å²) in [7, 11) is 1.97. The minimum Gasteiger partial charge on any atom is -0.361 e. The molecule has 0 amide bonds. The molecule has 0 aliphatic heterocycles. The van der Waals surface area contributed by atoms with Crippen LogP contribution in [0.3, 0.4) is 0 Å². The third-order valence-corrected chi connectivity index (χ3v) is 3.57. The fraction of sp³-hybridized carbons (Fsp3) is 0.769. The molecule has 1 aliphatic carbocycles. The quantitative estimate of drug-likeness (QED) is 0.796. The van der Waals surface area contributed by atoms with E-state index in [0.29, 0.717) is 5.92 Å². The van der Waals surface area contributed by atoms with Crippen LogP contribution in [-0.4, -0.2) is 18.7 Å². The first-order chi connectivity index (χ1) is 7.92. The predicted molar refractivity (Wildman–Crippen MR) is 64.6 cm³/mol. The number of hydrogen-bond acceptors (Lipinski definition) is 3. The molecule has 0 saturated heterocycles. The Morgan fingerprint density at radius 3 is 2.75 bits per heavy atom. The molecule has 3 heteroatoms. The molecular formula is C13H22N2O. The molecule has 0 atom stereocenters. The van der Waals surface area contributed by atoms with Gasteiger partial charge in [0.1, 0.15) is 5.76 Å². The molecule has 90 valence electrons. The Morgan fingerprint density at radius 1 is 1.31 bits per heavy atom. The van der Waals surface area contributed by atoms with Gasteiger partial charge in [-0.05, 0) is 25.8 Å². The maximum absolute atomic E-state index is 5.37. The summed E-state index contributed by atoms with van der Waals surface area (Å²) in [6, 6.07) is 0. The van der Waals surface area contributed by atoms with Crippen molar-refractivity contribution in [2.24, 2.45) is 0 Å². The molecule has 1 heterocycles. The second-order valence-corrected chi connectivity index (χ2v) is 4.75. The van der Waals surface area contributed by atoms with Crippen LogP contribution in [0.5, 0.6) is 0 Å². The average Bonchev–Trinajstić information content (AvgIpc) is 2.60. The van der Waals surface area contributed by atoms with Crippen molar-refractivity contribution in [1.82, 2.24) is 10.5 Å². The summed E-state index contributed by atoms with van der Waals surface area (Å²) in [6.45, 7) is 0.967. The topological polar surface area (TPSA) is 38.1 Å². The third kappa shape index (κ3) is 2.85. The van der Waals surface area contributed by atoms with Crippen LogP contribution in [0.25, 0.3) is 0 Å². The van der Waals surface area contributed by atoms with E-state index in [0.717, 1.165) is 18.7 Å². The first kappa shape index (κ1) is 11.6. The van der Waals surface area contributed by atoms with Crippen molar-refractivity contribution in [3.8, 4) is 0 Å². The SMILES string of the molecule is CNCCc1oncc1C1CCCCCC1. The number of nitrogens with zero attached hydrogens (tertiary/aromatic N) is 1. The molecule has 1 N–H and O–H groups in total. The van der Waals surface area contributed by atoms with Crippen molar-refractivity contribution in [1.29, 1.82) is 0 Å². The summed E-state index contributed by atoms with van der Waals surface area (Å²) in [5, 5.41) is 7.14. The molecule has 1 aliphatic rings. The Kier molecular flexibility index (Phi) is 4.40. The largest absolute Gasteiger partial charge is 0.361 e. The maximum atomic E-state index is 5.37. The Morgan fingerprint density at radius 2 is 2.06 bits per heavy atom. The highest BCUT2D eigenvalue weighted by Gasteiger charge is 2.20. The zero-order chi connectivity index (χ0) is 11.2. The van der Waals surface area contributed by atoms with Crippen molar-refractivity contribution < 1.29 is 4.52 Å². The Bertz CT molecular complexity index is 301. The van der Waals surface area contributed by atoms with Crippen molar-refractivity contribution in [3.63, 3.8) is 0 Å². The molecule has 2 rings (SSSR count). The number of hydrogen-bond donors (Lipinski definition) is 1. The van der Waals surface area contributed by atoms with Crippen LogP contribution < -0.4 is 5.32 Å². The highest BCUT2D eigenvalue weighted by molar-refractivity contribution is 5.19. The van der Waals surface area contributed by atoms with Crippen LogP contribution in [0, 0.1) is 0 Å². The minimum absolute atomic E-state index is 0.695. The summed E-state index contributed by atoms with van der Waals surface area (Å²) in [5.41, 5.74) is 1.37. The molecule has 1 aromatic rings. The lowest BCUT2D eigenvalue weighted by Crippen LogP contribution is -2.11. The van der Waals surface area contributed by atoms with Gasteiger partial charge in [-0.15, -0.1) is 0 Å². The lowest BCUT2D eigenvalue weighted by molar-refractivity contribution is 0.378. The van der Waals surface area contributed by atoms with Gasteiger partial charge in [0.05, 0.1) is 6.20 Å². The number of aromatic nitrogens is 1. The molecule has 1 aromatic heterocycles. The fourth-order valence-electron chi connectivity index (χ4n) is 2.62. The number of likely N-dealkylation sites (N-methyl/N-ethyl adjacent to an activating group) is 1. The van der Waals surface area contributed by atoms with Crippen molar-refractivity contribution >= 4 is 0 Å². The van der Waals surface area contributed by atoms with E-state index in [2.05, 4.69) is 10.5 Å². The van der Waals surface area contributed by atoms with Gasteiger partial charge in [0.15, 0.2) is 0 Å². The zero-order valence-electron chi connectivity index (χ0n) is 10.2. The van der Waals surface area contributed by atoms with E-state index in [-0.39, 0.29) is 0 Å². The van der Waals surface area contributed by atoms with Gasteiger partial charge in [-0.1, -0.05) is 30.8 Å². The average molecular weight is 222 g/mol. The van der Waals surface area contributed by atoms with E-state index in [4.69, 9.17) is 4.52 Å². The van der Waals surface area contributed by atoms with Gasteiger partial charge in [0.25, 0.3) is 0 Å². The van der Waals surface area contributed by atoms with E-state index >= 15 is 0 Å². The summed E-state index contributed by atoms with van der Waals surface area (Å²) in [4.78, 5) is 0. The van der Waals surface area contributed by atoms with Gasteiger partial charge in [-0.2, -0.15) is 0 Å². The Hall–Kier alpha value is -0.830. The molecule has 0 spiro atoms. The third-order valence-electron chi connectivity index (χ3n) is 3.57. The number of nitrogens with one attached hydrogen (secondary N) is 1. The van der Waals surface area contributed by atoms with Crippen molar-refractivity contribution in [2.75, 3.05) is 13.6 Å². The molecule has 0 radical (unpaired) electrons. The highest BCUT2D eigenvalue weighted by atomic mass is 16.5. The van der Waals surface area contributed by atoms with Gasteiger partial charge in [-0.3, -0.25) is 0 Å². The monoisotopic (exact) mass is 222 g/mol. The van der Waals surface area contributed by atoms with Gasteiger partial charge in [-0.25, -0.2) is 0 Å². The molecule has 0 unspecified atom stereocenters. The highest BCUT2D eigenvalue weighted by Crippen LogP contribution is 2.33. The molecule has 1 saturated carbocycles. The normalized spacial score (nSPS) is 18.6. The lowest BCUT2D eigenvalue weighted by atomic mass is 9.92. The van der Waals surface area contributed by atoms with Crippen LogP contribution in [0.2, 0.25) is 0 Å². The van der Waals surface area contributed by atoms with Crippen LogP contribution in [0.1, 0.15) is 55.8 Å². The summed E-state index contributed by atoms with van der Waals surface area (Å²) in [5.74, 6) is 1.79. The first-order valence-corrected chi connectivity index (χ1v) is 6.50. The van der Waals surface area contributed by atoms with E-state index in [9.17, 15) is 0 Å². The van der Waals surface area contributed by atoms with Gasteiger partial charge < -0.3 is 9.84 Å².